The highest BCUT2D eigenvalue weighted by molar-refractivity contribution is 5.71. The van der Waals surface area contributed by atoms with Crippen molar-refractivity contribution in [2.24, 2.45) is 0 Å². The molecule has 0 aliphatic rings. The normalized spacial score (nSPS) is 12.7. The summed E-state index contributed by atoms with van der Waals surface area (Å²) in [5, 5.41) is 0. The largest absolute Gasteiger partial charge is 0.462 e. The monoisotopic (exact) mass is 837 g/mol. The van der Waals surface area contributed by atoms with Gasteiger partial charge < -0.3 is 14.2 Å². The van der Waals surface area contributed by atoms with Crippen LogP contribution >= 0.6 is 0 Å². The minimum absolute atomic E-state index is 0.101. The molecule has 0 bridgehead atoms. The minimum Gasteiger partial charge on any atom is -0.462 e. The van der Waals surface area contributed by atoms with E-state index in [1.807, 2.05) is 0 Å². The van der Waals surface area contributed by atoms with Crippen LogP contribution in [0.4, 0.5) is 0 Å². The second-order valence-corrected chi connectivity index (χ2v) is 16.4. The lowest BCUT2D eigenvalue weighted by Crippen LogP contribution is -2.30. The van der Waals surface area contributed by atoms with Crippen LogP contribution in [0.5, 0.6) is 0 Å². The van der Waals surface area contributed by atoms with Gasteiger partial charge in [-0.2, -0.15) is 0 Å². The van der Waals surface area contributed by atoms with Crippen LogP contribution in [0.15, 0.2) is 72.9 Å². The van der Waals surface area contributed by atoms with E-state index in [2.05, 4.69) is 93.7 Å². The predicted octanol–water partition coefficient (Wildman–Crippen LogP) is 16.3. The molecule has 0 aromatic heterocycles. The zero-order chi connectivity index (χ0) is 43.7. The first-order chi connectivity index (χ1) is 29.5. The van der Waals surface area contributed by atoms with Crippen molar-refractivity contribution in [2.75, 3.05) is 13.2 Å². The van der Waals surface area contributed by atoms with Gasteiger partial charge in [0.1, 0.15) is 13.2 Å². The number of allylic oxidation sites excluding steroid dienone is 12. The molecule has 1 unspecified atom stereocenters. The third-order valence-corrected chi connectivity index (χ3v) is 10.4. The zero-order valence-corrected chi connectivity index (χ0v) is 39.2. The van der Waals surface area contributed by atoms with Crippen LogP contribution in [0.25, 0.3) is 0 Å². The predicted molar refractivity (Wildman–Crippen MR) is 256 cm³/mol. The second-order valence-electron chi connectivity index (χ2n) is 16.4. The molecule has 0 saturated carbocycles. The third-order valence-electron chi connectivity index (χ3n) is 10.4. The minimum atomic E-state index is -0.802. The SMILES string of the molecule is CCCC/C=C\CCCCCCC(=O)OCC(COC(=O)CCC/C=C\C/C=C\C/C=C\C/C=C\CCCCC)OC(=O)CCCCCCCCC/C=C\CCCCCC. The van der Waals surface area contributed by atoms with Crippen molar-refractivity contribution in [3.05, 3.63) is 72.9 Å². The number of hydrogen-bond acceptors (Lipinski definition) is 6. The first-order valence-corrected chi connectivity index (χ1v) is 24.9. The molecule has 0 aliphatic heterocycles. The van der Waals surface area contributed by atoms with E-state index in [0.717, 1.165) is 83.5 Å². The summed E-state index contributed by atoms with van der Waals surface area (Å²) in [4.78, 5) is 37.8. The van der Waals surface area contributed by atoms with Crippen molar-refractivity contribution >= 4 is 17.9 Å². The van der Waals surface area contributed by atoms with Crippen LogP contribution < -0.4 is 0 Å². The van der Waals surface area contributed by atoms with E-state index in [1.165, 1.54) is 103 Å². The van der Waals surface area contributed by atoms with Gasteiger partial charge in [0.25, 0.3) is 0 Å². The molecule has 6 heteroatoms. The summed E-state index contributed by atoms with van der Waals surface area (Å²) in [6.07, 6.45) is 60.3. The summed E-state index contributed by atoms with van der Waals surface area (Å²) in [6.45, 7) is 6.48. The van der Waals surface area contributed by atoms with E-state index in [9.17, 15) is 14.4 Å². The molecule has 1 atom stereocenters. The van der Waals surface area contributed by atoms with Gasteiger partial charge in [0.05, 0.1) is 0 Å². The third kappa shape index (κ3) is 45.9. The molecule has 0 N–H and O–H groups in total. The molecule has 60 heavy (non-hydrogen) atoms. The molecule has 0 spiro atoms. The Balaban J connectivity index is 4.46. The fourth-order valence-electron chi connectivity index (χ4n) is 6.59. The van der Waals surface area contributed by atoms with Crippen molar-refractivity contribution in [1.82, 2.24) is 0 Å². The lowest BCUT2D eigenvalue weighted by Gasteiger charge is -2.18. The lowest BCUT2D eigenvalue weighted by atomic mass is 10.1. The van der Waals surface area contributed by atoms with E-state index >= 15 is 0 Å². The topological polar surface area (TPSA) is 78.9 Å². The highest BCUT2D eigenvalue weighted by Gasteiger charge is 2.19. The highest BCUT2D eigenvalue weighted by Crippen LogP contribution is 2.13. The van der Waals surface area contributed by atoms with E-state index in [0.29, 0.717) is 19.3 Å². The molecule has 0 aromatic rings. The summed E-state index contributed by atoms with van der Waals surface area (Å²) in [6, 6.07) is 0. The van der Waals surface area contributed by atoms with Crippen LogP contribution in [0.1, 0.15) is 233 Å². The first kappa shape index (κ1) is 56.9. The molecule has 0 fully saturated rings. The summed E-state index contributed by atoms with van der Waals surface area (Å²) in [5.74, 6) is -0.978. The second kappa shape index (κ2) is 48.5. The summed E-state index contributed by atoms with van der Waals surface area (Å²) in [5.41, 5.74) is 0. The Morgan fingerprint density at radius 3 is 1.10 bits per heavy atom. The Kier molecular flexibility index (Phi) is 46.0. The number of esters is 3. The van der Waals surface area contributed by atoms with Crippen LogP contribution in [0.2, 0.25) is 0 Å². The Bertz CT molecular complexity index is 1140. The van der Waals surface area contributed by atoms with Crippen LogP contribution in [0, 0.1) is 0 Å². The quantitative estimate of drug-likeness (QED) is 0.0263. The van der Waals surface area contributed by atoms with Crippen LogP contribution in [0.3, 0.4) is 0 Å². The van der Waals surface area contributed by atoms with Gasteiger partial charge in [-0.15, -0.1) is 0 Å². The fraction of sp³-hybridized carbons (Fsp3) is 0.722. The van der Waals surface area contributed by atoms with E-state index < -0.39 is 6.10 Å². The van der Waals surface area contributed by atoms with Crippen molar-refractivity contribution in [3.63, 3.8) is 0 Å². The molecule has 6 nitrogen and oxygen atoms in total. The van der Waals surface area contributed by atoms with Crippen molar-refractivity contribution in [1.29, 1.82) is 0 Å². The van der Waals surface area contributed by atoms with Crippen LogP contribution in [-0.2, 0) is 28.6 Å². The molecule has 0 radical (unpaired) electrons. The maximum absolute atomic E-state index is 12.8. The van der Waals surface area contributed by atoms with Crippen molar-refractivity contribution < 1.29 is 28.6 Å². The number of hydrogen-bond donors (Lipinski definition) is 0. The highest BCUT2D eigenvalue weighted by atomic mass is 16.6. The van der Waals surface area contributed by atoms with Gasteiger partial charge in [-0.25, -0.2) is 0 Å². The van der Waals surface area contributed by atoms with Gasteiger partial charge >= 0.3 is 17.9 Å². The van der Waals surface area contributed by atoms with Crippen molar-refractivity contribution in [2.45, 2.75) is 239 Å². The molecular formula is C54H92O6. The van der Waals surface area contributed by atoms with Gasteiger partial charge in [0, 0.05) is 19.3 Å². The standard InChI is InChI=1S/C54H92O6/c1-4-7-10-13-16-19-22-24-26-27-29-30-32-35-38-41-44-47-53(56)59-50-51(49-58-52(55)46-43-40-37-34-21-18-15-12-9-6-3)60-54(57)48-45-42-39-36-33-31-28-25-23-20-17-14-11-8-5-2/h15-16,18-20,23-24,26,29-30,35,38,51H,4-14,17,21-22,25,27-28,31-34,36-37,39-50H2,1-3H3/b18-15-,19-16-,23-20-,26-24-,30-29-,38-35-. The summed E-state index contributed by atoms with van der Waals surface area (Å²) < 4.78 is 16.7. The van der Waals surface area contributed by atoms with E-state index in [4.69, 9.17) is 14.2 Å². The van der Waals surface area contributed by atoms with Gasteiger partial charge in [-0.05, 0) is 103 Å². The molecule has 0 heterocycles. The molecule has 0 saturated heterocycles. The maximum atomic E-state index is 12.8. The Morgan fingerprint density at radius 1 is 0.333 bits per heavy atom. The first-order valence-electron chi connectivity index (χ1n) is 24.9. The molecule has 0 rings (SSSR count). The molecular weight excluding hydrogens is 745 g/mol. The average Bonchev–Trinajstić information content (AvgIpc) is 3.24. The average molecular weight is 837 g/mol. The number of ether oxygens (including phenoxy) is 3. The number of rotatable bonds is 44. The number of carbonyl (C=O) groups excluding carboxylic acids is 3. The Labute approximate surface area is 370 Å². The number of carbonyl (C=O) groups is 3. The van der Waals surface area contributed by atoms with E-state index in [1.54, 1.807) is 0 Å². The fourth-order valence-corrected chi connectivity index (χ4v) is 6.59. The Morgan fingerprint density at radius 2 is 0.633 bits per heavy atom. The smallest absolute Gasteiger partial charge is 0.306 e. The number of unbranched alkanes of at least 4 members (excludes halogenated alkanes) is 21. The van der Waals surface area contributed by atoms with Crippen LogP contribution in [-0.4, -0.2) is 37.2 Å². The van der Waals surface area contributed by atoms with Gasteiger partial charge in [-0.3, -0.25) is 14.4 Å². The van der Waals surface area contributed by atoms with Crippen molar-refractivity contribution in [3.8, 4) is 0 Å². The summed E-state index contributed by atoms with van der Waals surface area (Å²) in [7, 11) is 0. The lowest BCUT2D eigenvalue weighted by molar-refractivity contribution is -0.167. The van der Waals surface area contributed by atoms with Gasteiger partial charge in [-0.1, -0.05) is 184 Å². The van der Waals surface area contributed by atoms with E-state index in [-0.39, 0.29) is 37.5 Å². The zero-order valence-electron chi connectivity index (χ0n) is 39.2. The molecule has 0 aliphatic carbocycles. The van der Waals surface area contributed by atoms with Gasteiger partial charge in [0.15, 0.2) is 6.10 Å². The van der Waals surface area contributed by atoms with Gasteiger partial charge in [0.2, 0.25) is 0 Å². The Hall–Kier alpha value is -3.15. The maximum Gasteiger partial charge on any atom is 0.306 e. The molecule has 0 amide bonds. The molecule has 344 valence electrons. The summed E-state index contributed by atoms with van der Waals surface area (Å²) >= 11 is 0. The molecule has 0 aromatic carbocycles.